The van der Waals surface area contributed by atoms with Crippen LogP contribution in [-0.4, -0.2) is 20.7 Å². The van der Waals surface area contributed by atoms with Gasteiger partial charge in [-0.25, -0.2) is 0 Å². The molecule has 1 aromatic heterocycles. The smallest absolute Gasteiger partial charge is 0.325 e. The zero-order valence-electron chi connectivity index (χ0n) is 22.5. The Morgan fingerprint density at radius 2 is 1.53 bits per heavy atom. The Hall–Kier alpha value is -2.81. The molecule has 0 spiro atoms. The van der Waals surface area contributed by atoms with Crippen molar-refractivity contribution in [2.45, 2.75) is 55.4 Å². The SMILES string of the molecule is CC(C)(C)C(=[OH+])C=C(O)C(C)(C)C.Cc1[c-]c(-c2nccc3c2ccc2ccccc23)cc(C)c1.[Ir]. The van der Waals surface area contributed by atoms with Crippen molar-refractivity contribution >= 4 is 27.3 Å². The first-order chi connectivity index (χ1) is 16.3. The molecule has 0 aliphatic rings. The third-order valence-corrected chi connectivity index (χ3v) is 5.88. The molecular weight excluding hydrogens is 623 g/mol. The molecule has 2 N–H and O–H groups in total. The number of pyridine rings is 1. The third-order valence-electron chi connectivity index (χ3n) is 5.88. The van der Waals surface area contributed by atoms with Crippen LogP contribution in [0.2, 0.25) is 0 Å². The van der Waals surface area contributed by atoms with E-state index < -0.39 is 0 Å². The van der Waals surface area contributed by atoms with E-state index in [1.807, 2.05) is 47.7 Å². The maximum atomic E-state index is 9.60. The number of rotatable bonds is 2. The molecule has 1 radical (unpaired) electrons. The maximum Gasteiger partial charge on any atom is 0.325 e. The van der Waals surface area contributed by atoms with Gasteiger partial charge in [0.15, 0.2) is 0 Å². The predicted molar refractivity (Wildman–Crippen MR) is 150 cm³/mol. The Kier molecular flexibility index (Phi) is 9.40. The van der Waals surface area contributed by atoms with Gasteiger partial charge in [0.2, 0.25) is 0 Å². The zero-order valence-corrected chi connectivity index (χ0v) is 24.9. The van der Waals surface area contributed by atoms with E-state index >= 15 is 0 Å². The van der Waals surface area contributed by atoms with Crippen LogP contribution in [-0.2, 0) is 20.1 Å². The summed E-state index contributed by atoms with van der Waals surface area (Å²) in [7, 11) is 0. The van der Waals surface area contributed by atoms with Gasteiger partial charge in [0.1, 0.15) is 5.76 Å². The summed E-state index contributed by atoms with van der Waals surface area (Å²) in [6, 6.07) is 22.7. The summed E-state index contributed by atoms with van der Waals surface area (Å²) in [6.45, 7) is 15.6. The molecule has 0 fully saturated rings. The molecule has 0 saturated heterocycles. The van der Waals surface area contributed by atoms with Gasteiger partial charge >= 0.3 is 5.78 Å². The summed E-state index contributed by atoms with van der Waals surface area (Å²) in [6.07, 6.45) is 3.34. The monoisotopic (exact) mass is 660 g/mol. The van der Waals surface area contributed by atoms with Gasteiger partial charge in [0.25, 0.3) is 0 Å². The van der Waals surface area contributed by atoms with E-state index in [9.17, 15) is 9.90 Å². The normalized spacial score (nSPS) is 12.1. The van der Waals surface area contributed by atoms with Gasteiger partial charge < -0.3 is 10.1 Å². The second-order valence-electron chi connectivity index (χ2n) is 11.2. The number of benzene rings is 3. The number of hydrogen-bond acceptors (Lipinski definition) is 2. The molecule has 0 amide bonds. The average molecular weight is 660 g/mol. The fourth-order valence-corrected chi connectivity index (χ4v) is 3.74. The van der Waals surface area contributed by atoms with Gasteiger partial charge in [-0.05, 0) is 54.1 Å². The second-order valence-corrected chi connectivity index (χ2v) is 11.2. The van der Waals surface area contributed by atoms with E-state index in [1.165, 1.54) is 33.2 Å². The average Bonchev–Trinajstić information content (AvgIpc) is 2.77. The van der Waals surface area contributed by atoms with Crippen molar-refractivity contribution in [1.82, 2.24) is 4.98 Å². The number of aliphatic hydroxyl groups is 1. The number of aliphatic hydroxyl groups excluding tert-OH is 1. The first kappa shape index (κ1) is 29.4. The van der Waals surface area contributed by atoms with Crippen LogP contribution in [0.1, 0.15) is 52.7 Å². The number of fused-ring (bicyclic) bond motifs is 3. The standard InChI is InChI=1S/C21H16N.C11H20O2.Ir/c1-14-11-15(2)13-17(12-14)21-20-8-7-16-5-3-4-6-18(16)19(20)9-10-22-21;1-10(2,3)8(12)7-9(13)11(4,5)6;/h3-12H,1-2H3;7,12H,1-6H3;/q-1;;/p+1. The molecule has 4 heteroatoms. The van der Waals surface area contributed by atoms with Crippen LogP contribution in [0.15, 0.2) is 72.6 Å². The van der Waals surface area contributed by atoms with Gasteiger partial charge in [-0.2, -0.15) is 0 Å². The Labute approximate surface area is 229 Å². The van der Waals surface area contributed by atoms with Crippen LogP contribution >= 0.6 is 0 Å². The number of aryl methyl sites for hydroxylation is 2. The molecule has 3 nitrogen and oxygen atoms in total. The van der Waals surface area contributed by atoms with Crippen LogP contribution in [0.4, 0.5) is 0 Å². The minimum Gasteiger partial charge on any atom is -0.511 e. The fourth-order valence-electron chi connectivity index (χ4n) is 3.74. The van der Waals surface area contributed by atoms with Crippen LogP contribution < -0.4 is 0 Å². The number of hydrogen-bond donors (Lipinski definition) is 1. The third kappa shape index (κ3) is 7.12. The molecule has 0 bridgehead atoms. The van der Waals surface area contributed by atoms with Crippen LogP contribution in [0, 0.1) is 30.7 Å². The largest absolute Gasteiger partial charge is 0.511 e. The van der Waals surface area contributed by atoms with Gasteiger partial charge in [-0.3, -0.25) is 4.79 Å². The number of nitrogens with zero attached hydrogens (tertiary/aromatic N) is 1. The first-order valence-electron chi connectivity index (χ1n) is 12.0. The number of aromatic nitrogens is 1. The zero-order chi connectivity index (χ0) is 26.0. The van der Waals surface area contributed by atoms with Gasteiger partial charge in [-0.15, -0.1) is 34.9 Å². The minimum absolute atomic E-state index is 0. The summed E-state index contributed by atoms with van der Waals surface area (Å²) in [5.41, 5.74) is 3.85. The summed E-state index contributed by atoms with van der Waals surface area (Å²) in [5, 5.41) is 14.6. The fraction of sp³-hybridized carbons (Fsp3) is 0.312. The van der Waals surface area contributed by atoms with E-state index in [0.717, 1.165) is 16.8 Å². The van der Waals surface area contributed by atoms with E-state index in [2.05, 4.69) is 79.5 Å². The molecule has 0 saturated carbocycles. The quantitative estimate of drug-likeness (QED) is 0.0771. The molecule has 4 aromatic rings. The summed E-state index contributed by atoms with van der Waals surface area (Å²) in [5.74, 6) is 0.417. The number of carbonyl (C=O) groups excluding carboxylic acids is 1. The first-order valence-corrected chi connectivity index (χ1v) is 12.0. The molecule has 0 unspecified atom stereocenters. The Balaban J connectivity index is 0.000000285. The van der Waals surface area contributed by atoms with Crippen LogP contribution in [0.3, 0.4) is 0 Å². The number of allylic oxidation sites excluding steroid dienone is 2. The molecule has 191 valence electrons. The summed E-state index contributed by atoms with van der Waals surface area (Å²) < 4.78 is 0. The Morgan fingerprint density at radius 3 is 2.14 bits per heavy atom. The van der Waals surface area contributed by atoms with Crippen molar-refractivity contribution in [1.29, 1.82) is 0 Å². The van der Waals surface area contributed by atoms with Crippen molar-refractivity contribution in [2.75, 3.05) is 0 Å². The van der Waals surface area contributed by atoms with Crippen molar-refractivity contribution in [3.8, 4) is 11.3 Å². The van der Waals surface area contributed by atoms with Crippen molar-refractivity contribution in [3.63, 3.8) is 0 Å². The minimum atomic E-state index is -0.306. The molecule has 0 aliphatic heterocycles. The van der Waals surface area contributed by atoms with Gasteiger partial charge in [-0.1, -0.05) is 71.0 Å². The Morgan fingerprint density at radius 1 is 0.861 bits per heavy atom. The molecule has 0 atom stereocenters. The Bertz CT molecular complexity index is 1390. The summed E-state index contributed by atoms with van der Waals surface area (Å²) in [4.78, 5) is 14.2. The van der Waals surface area contributed by atoms with Gasteiger partial charge in [0, 0.05) is 31.7 Å². The van der Waals surface area contributed by atoms with Gasteiger partial charge in [0.05, 0.1) is 11.5 Å². The molecule has 0 aliphatic carbocycles. The van der Waals surface area contributed by atoms with Crippen LogP contribution in [0.5, 0.6) is 0 Å². The molecule has 1 heterocycles. The second kappa shape index (κ2) is 11.5. The van der Waals surface area contributed by atoms with E-state index in [1.54, 1.807) is 0 Å². The van der Waals surface area contributed by atoms with Crippen LogP contribution in [0.25, 0.3) is 32.8 Å². The maximum absolute atomic E-state index is 9.60. The van der Waals surface area contributed by atoms with Crippen molar-refractivity contribution < 1.29 is 30.0 Å². The molecular formula is C32H37IrNO2. The number of ketones is 1. The van der Waals surface area contributed by atoms with E-state index in [4.69, 9.17) is 0 Å². The van der Waals surface area contributed by atoms with Crippen molar-refractivity contribution in [3.05, 3.63) is 89.8 Å². The predicted octanol–water partition coefficient (Wildman–Crippen LogP) is 8.53. The molecule has 4 rings (SSSR count). The van der Waals surface area contributed by atoms with E-state index in [0.29, 0.717) is 0 Å². The van der Waals surface area contributed by atoms with E-state index in [-0.39, 0.29) is 42.5 Å². The summed E-state index contributed by atoms with van der Waals surface area (Å²) >= 11 is 0. The van der Waals surface area contributed by atoms with Crippen molar-refractivity contribution in [2.24, 2.45) is 10.8 Å². The molecule has 3 aromatic carbocycles. The topological polar surface area (TPSA) is 54.5 Å². The molecule has 36 heavy (non-hydrogen) atoms.